The third-order valence-electron chi connectivity index (χ3n) is 4.74. The molecule has 0 spiro atoms. The largest absolute Gasteiger partial charge is 0.491 e. The highest BCUT2D eigenvalue weighted by molar-refractivity contribution is 6.60. The number of benzene rings is 1. The molecule has 0 saturated carbocycles. The van der Waals surface area contributed by atoms with E-state index in [0.29, 0.717) is 12.0 Å². The maximum absolute atomic E-state index is 11.9. The van der Waals surface area contributed by atoms with E-state index in [1.165, 1.54) is 0 Å². The van der Waals surface area contributed by atoms with Gasteiger partial charge in [-0.15, -0.1) is 0 Å². The van der Waals surface area contributed by atoms with Gasteiger partial charge in [0.05, 0.1) is 23.0 Å². The molecule has 1 aromatic rings. The van der Waals surface area contributed by atoms with Crippen molar-refractivity contribution in [3.05, 3.63) is 18.2 Å². The van der Waals surface area contributed by atoms with Gasteiger partial charge in [0, 0.05) is 13.5 Å². The lowest BCUT2D eigenvalue weighted by Crippen LogP contribution is -2.47. The minimum absolute atomic E-state index is 0.0192. The van der Waals surface area contributed by atoms with Crippen LogP contribution in [0.1, 0.15) is 41.5 Å². The predicted octanol–water partition coefficient (Wildman–Crippen LogP) is 1.99. The average Bonchev–Trinajstić information content (AvgIpc) is 2.45. The lowest BCUT2D eigenvalue weighted by atomic mass is 9.76. The normalized spacial score (nSPS) is 17.7. The summed E-state index contributed by atoms with van der Waals surface area (Å²) in [5.74, 6) is 0.299. The Balaban J connectivity index is 2.26. The Morgan fingerprint density at radius 3 is 2.70 bits per heavy atom. The lowest BCUT2D eigenvalue weighted by Gasteiger charge is -2.36. The van der Waals surface area contributed by atoms with Gasteiger partial charge in [-0.3, -0.25) is 4.79 Å². The molecule has 1 aromatic carbocycles. The minimum atomic E-state index is -0.996. The number of carbonyl (C=O) groups is 1. The second-order valence-corrected chi connectivity index (χ2v) is 7.12. The molecule has 1 aliphatic heterocycles. The maximum Gasteiger partial charge on any atom is 0.491 e. The molecule has 1 aliphatic rings. The third-order valence-corrected chi connectivity index (χ3v) is 4.74. The topological polar surface area (TPSA) is 61.8 Å². The fourth-order valence-corrected chi connectivity index (χ4v) is 2.62. The van der Waals surface area contributed by atoms with Crippen LogP contribution in [0.25, 0.3) is 0 Å². The monoisotopic (exact) mass is 318 g/mol. The molecule has 0 radical (unpaired) electrons. The molecule has 1 heterocycles. The molecule has 2 rings (SSSR count). The molecule has 0 aromatic heterocycles. The highest BCUT2D eigenvalue weighted by Gasteiger charge is 2.32. The van der Waals surface area contributed by atoms with E-state index in [1.807, 2.05) is 39.0 Å². The molecule has 0 fully saturated rings. The van der Waals surface area contributed by atoms with E-state index in [1.54, 1.807) is 11.8 Å². The van der Waals surface area contributed by atoms with Gasteiger partial charge in [0.25, 0.3) is 0 Å². The van der Waals surface area contributed by atoms with Crippen molar-refractivity contribution in [2.75, 3.05) is 16.8 Å². The summed E-state index contributed by atoms with van der Waals surface area (Å²) in [5.41, 5.74) is 1.95. The summed E-state index contributed by atoms with van der Waals surface area (Å²) in [4.78, 5) is 13.7. The molecule has 0 saturated heterocycles. The number of anilines is 2. The first-order chi connectivity index (χ1) is 10.6. The second-order valence-electron chi connectivity index (χ2n) is 7.12. The van der Waals surface area contributed by atoms with Crippen molar-refractivity contribution < 1.29 is 14.5 Å². The Morgan fingerprint density at radius 2 is 2.13 bits per heavy atom. The summed E-state index contributed by atoms with van der Waals surface area (Å²) >= 11 is 0. The maximum atomic E-state index is 11.9. The van der Waals surface area contributed by atoms with Crippen LogP contribution in [0.4, 0.5) is 11.4 Å². The van der Waals surface area contributed by atoms with Gasteiger partial charge in [0.1, 0.15) is 0 Å². The lowest BCUT2D eigenvalue weighted by molar-refractivity contribution is -0.116. The van der Waals surface area contributed by atoms with Gasteiger partial charge >= 0.3 is 7.12 Å². The van der Waals surface area contributed by atoms with E-state index in [4.69, 9.17) is 4.65 Å². The number of rotatable bonds is 4. The molecule has 1 unspecified atom stereocenters. The molecule has 0 bridgehead atoms. The first kappa shape index (κ1) is 17.8. The second kappa shape index (κ2) is 6.53. The van der Waals surface area contributed by atoms with Gasteiger partial charge in [-0.2, -0.15) is 0 Å². The van der Waals surface area contributed by atoms with Crippen LogP contribution in [0.2, 0.25) is 0 Å². The molecule has 0 aliphatic carbocycles. The zero-order chi connectivity index (χ0) is 17.4. The molecule has 6 heteroatoms. The van der Waals surface area contributed by atoms with Gasteiger partial charge < -0.3 is 19.9 Å². The van der Waals surface area contributed by atoms with Crippen LogP contribution in [-0.4, -0.2) is 36.2 Å². The van der Waals surface area contributed by atoms with Crippen molar-refractivity contribution in [2.24, 2.45) is 5.92 Å². The average molecular weight is 318 g/mol. The first-order valence-electron chi connectivity index (χ1n) is 8.17. The molecule has 1 amide bonds. The van der Waals surface area contributed by atoms with E-state index in [9.17, 15) is 9.82 Å². The summed E-state index contributed by atoms with van der Waals surface area (Å²) in [6.45, 7) is 12.3. The van der Waals surface area contributed by atoms with Crippen LogP contribution in [0, 0.1) is 5.92 Å². The Kier molecular flexibility index (Phi) is 5.06. The zero-order valence-corrected chi connectivity index (χ0v) is 14.9. The van der Waals surface area contributed by atoms with Gasteiger partial charge in [-0.05, 0) is 44.3 Å². The van der Waals surface area contributed by atoms with Crippen molar-refractivity contribution in [3.63, 3.8) is 0 Å². The van der Waals surface area contributed by atoms with E-state index in [2.05, 4.69) is 19.2 Å². The number of amides is 1. The van der Waals surface area contributed by atoms with E-state index >= 15 is 0 Å². The standard InChI is InChI=1S/C17H27BN2O3/c1-11(2)17(5,6)23-18(22)14-7-8-16-15(9-14)19-10-12(3)20(16)13(4)21/h7-9,11-12,19,22H,10H2,1-6H3. The molecule has 2 N–H and O–H groups in total. The van der Waals surface area contributed by atoms with E-state index in [-0.39, 0.29) is 17.9 Å². The van der Waals surface area contributed by atoms with Gasteiger partial charge in [0.2, 0.25) is 5.91 Å². The summed E-state index contributed by atoms with van der Waals surface area (Å²) in [6.07, 6.45) is 0. The molecular weight excluding hydrogens is 291 g/mol. The highest BCUT2D eigenvalue weighted by Crippen LogP contribution is 2.31. The summed E-state index contributed by atoms with van der Waals surface area (Å²) in [5, 5.41) is 13.7. The van der Waals surface area contributed by atoms with Gasteiger partial charge in [0.15, 0.2) is 0 Å². The smallest absolute Gasteiger partial charge is 0.423 e. The van der Waals surface area contributed by atoms with Crippen molar-refractivity contribution in [1.29, 1.82) is 0 Å². The van der Waals surface area contributed by atoms with Gasteiger partial charge in [-0.25, -0.2) is 0 Å². The fraction of sp³-hybridized carbons (Fsp3) is 0.588. The Labute approximate surface area is 139 Å². The number of nitrogens with one attached hydrogen (secondary N) is 1. The third kappa shape index (κ3) is 3.70. The summed E-state index contributed by atoms with van der Waals surface area (Å²) in [7, 11) is -0.996. The number of nitrogens with zero attached hydrogens (tertiary/aromatic N) is 1. The Bertz CT molecular complexity index is 589. The van der Waals surface area contributed by atoms with Crippen molar-refractivity contribution >= 4 is 29.9 Å². The van der Waals surface area contributed by atoms with Crippen LogP contribution in [0.3, 0.4) is 0 Å². The van der Waals surface area contributed by atoms with Crippen molar-refractivity contribution in [3.8, 4) is 0 Å². The predicted molar refractivity (Wildman–Crippen MR) is 95.2 cm³/mol. The zero-order valence-electron chi connectivity index (χ0n) is 14.9. The number of carbonyl (C=O) groups excluding carboxylic acids is 1. The minimum Gasteiger partial charge on any atom is -0.423 e. The first-order valence-corrected chi connectivity index (χ1v) is 8.17. The van der Waals surface area contributed by atoms with Crippen LogP contribution < -0.4 is 15.7 Å². The van der Waals surface area contributed by atoms with Crippen LogP contribution in [-0.2, 0) is 9.45 Å². The van der Waals surface area contributed by atoms with Crippen LogP contribution >= 0.6 is 0 Å². The molecule has 126 valence electrons. The molecule has 23 heavy (non-hydrogen) atoms. The van der Waals surface area contributed by atoms with Crippen molar-refractivity contribution in [2.45, 2.75) is 53.2 Å². The number of hydrogen-bond donors (Lipinski definition) is 2. The SMILES string of the molecule is CC(=O)N1c2ccc(B(O)OC(C)(C)C(C)C)cc2NCC1C. The van der Waals surface area contributed by atoms with E-state index < -0.39 is 12.7 Å². The van der Waals surface area contributed by atoms with E-state index in [0.717, 1.165) is 11.4 Å². The Hall–Kier alpha value is -1.53. The number of hydrogen-bond acceptors (Lipinski definition) is 4. The number of fused-ring (bicyclic) bond motifs is 1. The summed E-state index contributed by atoms with van der Waals surface area (Å²) < 4.78 is 5.82. The Morgan fingerprint density at radius 1 is 1.48 bits per heavy atom. The van der Waals surface area contributed by atoms with Crippen molar-refractivity contribution in [1.82, 2.24) is 0 Å². The molecular formula is C17H27BN2O3. The van der Waals surface area contributed by atoms with Crippen LogP contribution in [0.5, 0.6) is 0 Å². The summed E-state index contributed by atoms with van der Waals surface area (Å²) in [6, 6.07) is 5.64. The fourth-order valence-electron chi connectivity index (χ4n) is 2.62. The van der Waals surface area contributed by atoms with Crippen LogP contribution in [0.15, 0.2) is 18.2 Å². The molecule has 5 nitrogen and oxygen atoms in total. The molecule has 1 atom stereocenters. The highest BCUT2D eigenvalue weighted by atomic mass is 16.5. The quantitative estimate of drug-likeness (QED) is 0.834. The van der Waals surface area contributed by atoms with Gasteiger partial charge in [-0.1, -0.05) is 19.9 Å².